The van der Waals surface area contributed by atoms with E-state index >= 15 is 0 Å². The van der Waals surface area contributed by atoms with Crippen LogP contribution in [0.4, 0.5) is 15.0 Å². The van der Waals surface area contributed by atoms with Gasteiger partial charge in [0.1, 0.15) is 5.82 Å². The van der Waals surface area contributed by atoms with E-state index in [0.29, 0.717) is 18.4 Å². The van der Waals surface area contributed by atoms with Gasteiger partial charge in [-0.1, -0.05) is 0 Å². The summed E-state index contributed by atoms with van der Waals surface area (Å²) in [5.74, 6) is 0.246. The summed E-state index contributed by atoms with van der Waals surface area (Å²) < 4.78 is 15.3. The number of fused-ring (bicyclic) bond motifs is 1. The molecule has 0 radical (unpaired) electrons. The normalized spacial score (nSPS) is 14.1. The molecule has 1 aliphatic carbocycles. The zero-order valence-electron chi connectivity index (χ0n) is 13.3. The fourth-order valence-electron chi connectivity index (χ4n) is 2.87. The summed E-state index contributed by atoms with van der Waals surface area (Å²) >= 11 is 0. The fourth-order valence-corrected chi connectivity index (χ4v) is 2.87. The van der Waals surface area contributed by atoms with Crippen LogP contribution in [0.15, 0.2) is 30.5 Å². The standard InChI is InChI=1S/C17H18FN5O/c1-10-6-16(22-23(10)13-3-4-13)21-17(24)20-9-11-8-19-15-5-2-12(18)7-14(11)15/h2,5-8,13,19H,3-4,9H2,1H3,(H2,20,21,22,24). The molecule has 6 nitrogen and oxygen atoms in total. The van der Waals surface area contributed by atoms with Crippen molar-refractivity contribution in [2.45, 2.75) is 32.4 Å². The maximum Gasteiger partial charge on any atom is 0.320 e. The number of hydrogen-bond acceptors (Lipinski definition) is 2. The van der Waals surface area contributed by atoms with E-state index in [1.54, 1.807) is 12.3 Å². The molecular formula is C17H18FN5O. The molecule has 0 spiro atoms. The minimum Gasteiger partial charge on any atom is -0.361 e. The van der Waals surface area contributed by atoms with Gasteiger partial charge in [0, 0.05) is 35.4 Å². The number of rotatable bonds is 4. The zero-order chi connectivity index (χ0) is 16.7. The number of hydrogen-bond donors (Lipinski definition) is 3. The Morgan fingerprint density at radius 3 is 3.04 bits per heavy atom. The van der Waals surface area contributed by atoms with E-state index in [2.05, 4.69) is 20.7 Å². The van der Waals surface area contributed by atoms with Crippen molar-refractivity contribution in [2.75, 3.05) is 5.32 Å². The van der Waals surface area contributed by atoms with Crippen molar-refractivity contribution in [1.29, 1.82) is 0 Å². The maximum absolute atomic E-state index is 13.4. The molecule has 1 aromatic carbocycles. The highest BCUT2D eigenvalue weighted by atomic mass is 19.1. The van der Waals surface area contributed by atoms with Gasteiger partial charge in [-0.2, -0.15) is 5.10 Å². The number of nitrogens with one attached hydrogen (secondary N) is 3. The van der Waals surface area contributed by atoms with Crippen LogP contribution in [0, 0.1) is 12.7 Å². The lowest BCUT2D eigenvalue weighted by Gasteiger charge is -2.05. The Bertz CT molecular complexity index is 909. The lowest BCUT2D eigenvalue weighted by Crippen LogP contribution is -2.28. The van der Waals surface area contributed by atoms with Gasteiger partial charge in [-0.15, -0.1) is 0 Å². The molecule has 1 saturated carbocycles. The molecule has 24 heavy (non-hydrogen) atoms. The molecule has 0 saturated heterocycles. The number of benzene rings is 1. The predicted octanol–water partition coefficient (Wildman–Crippen LogP) is 3.47. The summed E-state index contributed by atoms with van der Waals surface area (Å²) in [5, 5.41) is 10.7. The van der Waals surface area contributed by atoms with E-state index in [1.165, 1.54) is 12.1 Å². The number of aryl methyl sites for hydroxylation is 1. The Morgan fingerprint density at radius 1 is 1.42 bits per heavy atom. The summed E-state index contributed by atoms with van der Waals surface area (Å²) in [7, 11) is 0. The Labute approximate surface area is 138 Å². The van der Waals surface area contributed by atoms with E-state index in [9.17, 15) is 9.18 Å². The highest BCUT2D eigenvalue weighted by Crippen LogP contribution is 2.35. The SMILES string of the molecule is Cc1cc(NC(=O)NCc2c[nH]c3ccc(F)cc23)nn1C1CC1. The number of amides is 2. The average Bonchev–Trinajstić information content (AvgIpc) is 3.22. The van der Waals surface area contributed by atoms with Crippen LogP contribution in [0.2, 0.25) is 0 Å². The third kappa shape index (κ3) is 2.84. The monoisotopic (exact) mass is 327 g/mol. The van der Waals surface area contributed by atoms with Gasteiger partial charge >= 0.3 is 6.03 Å². The summed E-state index contributed by atoms with van der Waals surface area (Å²) in [6.45, 7) is 2.28. The Morgan fingerprint density at radius 2 is 2.25 bits per heavy atom. The molecule has 3 aromatic rings. The van der Waals surface area contributed by atoms with E-state index in [-0.39, 0.29) is 11.8 Å². The summed E-state index contributed by atoms with van der Waals surface area (Å²) in [4.78, 5) is 15.1. The van der Waals surface area contributed by atoms with Gasteiger partial charge in [0.2, 0.25) is 0 Å². The van der Waals surface area contributed by atoms with Crippen LogP contribution < -0.4 is 10.6 Å². The number of aromatic amines is 1. The van der Waals surface area contributed by atoms with E-state index in [0.717, 1.165) is 35.0 Å². The molecular weight excluding hydrogens is 309 g/mol. The van der Waals surface area contributed by atoms with Crippen molar-refractivity contribution in [1.82, 2.24) is 20.1 Å². The van der Waals surface area contributed by atoms with Crippen LogP contribution in [0.25, 0.3) is 10.9 Å². The third-order valence-electron chi connectivity index (χ3n) is 4.23. The predicted molar refractivity (Wildman–Crippen MR) is 89.4 cm³/mol. The van der Waals surface area contributed by atoms with Gasteiger partial charge in [0.15, 0.2) is 5.82 Å². The second-order valence-electron chi connectivity index (χ2n) is 6.16. The van der Waals surface area contributed by atoms with Crippen LogP contribution in [0.3, 0.4) is 0 Å². The number of anilines is 1. The number of nitrogens with zero attached hydrogens (tertiary/aromatic N) is 2. The largest absolute Gasteiger partial charge is 0.361 e. The molecule has 124 valence electrons. The van der Waals surface area contributed by atoms with Crippen molar-refractivity contribution in [2.24, 2.45) is 0 Å². The van der Waals surface area contributed by atoms with Gasteiger partial charge in [-0.05, 0) is 43.5 Å². The summed E-state index contributed by atoms with van der Waals surface area (Å²) in [6, 6.07) is 6.55. The quantitative estimate of drug-likeness (QED) is 0.686. The lowest BCUT2D eigenvalue weighted by atomic mass is 10.2. The second-order valence-corrected chi connectivity index (χ2v) is 6.16. The Hall–Kier alpha value is -2.83. The number of halogens is 1. The molecule has 0 atom stereocenters. The topological polar surface area (TPSA) is 74.7 Å². The van der Waals surface area contributed by atoms with Gasteiger partial charge in [0.05, 0.1) is 6.04 Å². The summed E-state index contributed by atoms with van der Waals surface area (Å²) in [6.07, 6.45) is 4.06. The molecule has 3 N–H and O–H groups in total. The number of urea groups is 1. The first-order valence-electron chi connectivity index (χ1n) is 7.96. The molecule has 1 aliphatic rings. The van der Waals surface area contributed by atoms with Crippen molar-refractivity contribution in [3.05, 3.63) is 47.5 Å². The number of aromatic nitrogens is 3. The van der Waals surface area contributed by atoms with Crippen LogP contribution in [-0.2, 0) is 6.54 Å². The van der Waals surface area contributed by atoms with Crippen LogP contribution in [0.1, 0.15) is 30.1 Å². The fraction of sp³-hybridized carbons (Fsp3) is 0.294. The van der Waals surface area contributed by atoms with Crippen LogP contribution in [-0.4, -0.2) is 20.8 Å². The van der Waals surface area contributed by atoms with Crippen molar-refractivity contribution < 1.29 is 9.18 Å². The molecule has 0 unspecified atom stereocenters. The highest BCUT2D eigenvalue weighted by molar-refractivity contribution is 5.89. The number of carbonyl (C=O) groups excluding carboxylic acids is 1. The van der Waals surface area contributed by atoms with Gasteiger partial charge in [-0.3, -0.25) is 10.00 Å². The first-order chi connectivity index (χ1) is 11.6. The first-order valence-corrected chi connectivity index (χ1v) is 7.96. The zero-order valence-corrected chi connectivity index (χ0v) is 13.3. The van der Waals surface area contributed by atoms with E-state index in [1.807, 2.05) is 17.7 Å². The molecule has 0 bridgehead atoms. The molecule has 1 fully saturated rings. The average molecular weight is 327 g/mol. The summed E-state index contributed by atoms with van der Waals surface area (Å²) in [5.41, 5.74) is 2.71. The third-order valence-corrected chi connectivity index (χ3v) is 4.23. The van der Waals surface area contributed by atoms with Crippen molar-refractivity contribution in [3.63, 3.8) is 0 Å². The molecule has 2 amide bonds. The first kappa shape index (κ1) is 14.7. The minimum absolute atomic E-state index is 0.297. The van der Waals surface area contributed by atoms with E-state index in [4.69, 9.17) is 0 Å². The number of carbonyl (C=O) groups is 1. The van der Waals surface area contributed by atoms with Crippen molar-refractivity contribution >= 4 is 22.8 Å². The van der Waals surface area contributed by atoms with Crippen molar-refractivity contribution in [3.8, 4) is 0 Å². The molecule has 2 aromatic heterocycles. The van der Waals surface area contributed by atoms with Gasteiger partial charge in [0.25, 0.3) is 0 Å². The van der Waals surface area contributed by atoms with Gasteiger partial charge in [-0.25, -0.2) is 9.18 Å². The Kier molecular flexibility index (Phi) is 3.48. The molecule has 2 heterocycles. The molecule has 0 aliphatic heterocycles. The Balaban J connectivity index is 1.40. The smallest absolute Gasteiger partial charge is 0.320 e. The van der Waals surface area contributed by atoms with Crippen LogP contribution in [0.5, 0.6) is 0 Å². The number of H-pyrrole nitrogens is 1. The molecule has 4 rings (SSSR count). The minimum atomic E-state index is -0.332. The lowest BCUT2D eigenvalue weighted by molar-refractivity contribution is 0.251. The molecule has 7 heteroatoms. The maximum atomic E-state index is 13.4. The van der Waals surface area contributed by atoms with Crippen LogP contribution >= 0.6 is 0 Å². The highest BCUT2D eigenvalue weighted by Gasteiger charge is 2.26. The van der Waals surface area contributed by atoms with Gasteiger partial charge < -0.3 is 10.3 Å². The second kappa shape index (κ2) is 5.67. The van der Waals surface area contributed by atoms with E-state index < -0.39 is 0 Å².